The highest BCUT2D eigenvalue weighted by Crippen LogP contribution is 2.29. The van der Waals surface area contributed by atoms with Crippen molar-refractivity contribution in [1.29, 1.82) is 0 Å². The second kappa shape index (κ2) is 5.71. The van der Waals surface area contributed by atoms with Gasteiger partial charge in [-0.15, -0.1) is 0 Å². The Morgan fingerprint density at radius 3 is 2.74 bits per heavy atom. The third kappa shape index (κ3) is 3.33. The number of nitrogens with one attached hydrogen (secondary N) is 1. The molecule has 0 fully saturated rings. The molecule has 0 atom stereocenters. The van der Waals surface area contributed by atoms with Crippen LogP contribution >= 0.6 is 23.4 Å². The van der Waals surface area contributed by atoms with Crippen molar-refractivity contribution >= 4 is 23.4 Å². The van der Waals surface area contributed by atoms with Gasteiger partial charge in [-0.05, 0) is 18.7 Å². The average Bonchev–Trinajstić information content (AvgIpc) is 2.34. The van der Waals surface area contributed by atoms with Crippen molar-refractivity contribution in [3.63, 3.8) is 0 Å². The van der Waals surface area contributed by atoms with E-state index in [4.69, 9.17) is 11.6 Å². The van der Waals surface area contributed by atoms with Gasteiger partial charge in [-0.1, -0.05) is 25.4 Å². The summed E-state index contributed by atoms with van der Waals surface area (Å²) in [5.41, 5.74) is 0.585. The Labute approximate surface area is 119 Å². The first-order valence-electron chi connectivity index (χ1n) is 5.74. The molecule has 2 aromatic heterocycles. The molecule has 100 valence electrons. The predicted octanol–water partition coefficient (Wildman–Crippen LogP) is 2.80. The largest absolute Gasteiger partial charge is 0.301 e. The molecule has 1 N–H and O–H groups in total. The summed E-state index contributed by atoms with van der Waals surface area (Å²) in [7, 11) is 0. The predicted molar refractivity (Wildman–Crippen MR) is 74.8 cm³/mol. The summed E-state index contributed by atoms with van der Waals surface area (Å²) in [6.45, 7) is 5.84. The summed E-state index contributed by atoms with van der Waals surface area (Å²) >= 11 is 7.38. The highest BCUT2D eigenvalue weighted by atomic mass is 35.5. The van der Waals surface area contributed by atoms with Gasteiger partial charge in [-0.3, -0.25) is 4.79 Å². The van der Waals surface area contributed by atoms with Crippen LogP contribution in [-0.4, -0.2) is 19.9 Å². The fourth-order valence-electron chi connectivity index (χ4n) is 1.34. The highest BCUT2D eigenvalue weighted by Gasteiger charge is 2.13. The molecule has 2 rings (SSSR count). The van der Waals surface area contributed by atoms with Gasteiger partial charge in [0.25, 0.3) is 5.56 Å². The van der Waals surface area contributed by atoms with Crippen molar-refractivity contribution in [3.8, 4) is 0 Å². The van der Waals surface area contributed by atoms with Crippen LogP contribution in [0.1, 0.15) is 31.2 Å². The van der Waals surface area contributed by atoms with E-state index in [1.54, 1.807) is 0 Å². The molecular weight excluding hydrogens is 284 g/mol. The summed E-state index contributed by atoms with van der Waals surface area (Å²) in [4.78, 5) is 26.7. The number of rotatable bonds is 3. The normalized spacial score (nSPS) is 11.0. The molecule has 19 heavy (non-hydrogen) atoms. The average molecular weight is 297 g/mol. The molecule has 0 spiro atoms. The number of hydrogen-bond donors (Lipinski definition) is 1. The zero-order chi connectivity index (χ0) is 14.0. The molecule has 0 saturated heterocycles. The molecule has 5 nitrogen and oxygen atoms in total. The third-order valence-corrected chi connectivity index (χ3v) is 3.78. The van der Waals surface area contributed by atoms with Crippen LogP contribution in [0.4, 0.5) is 0 Å². The quantitative estimate of drug-likeness (QED) is 0.696. The molecule has 0 aliphatic carbocycles. The third-order valence-electron chi connectivity index (χ3n) is 2.42. The Morgan fingerprint density at radius 1 is 1.37 bits per heavy atom. The molecule has 0 amide bonds. The minimum absolute atomic E-state index is 0.181. The Kier molecular flexibility index (Phi) is 4.21. The summed E-state index contributed by atoms with van der Waals surface area (Å²) < 4.78 is 0. The number of H-pyrrole nitrogens is 1. The number of hydrogen-bond acceptors (Lipinski definition) is 5. The van der Waals surface area contributed by atoms with Gasteiger partial charge in [0.05, 0.1) is 0 Å². The van der Waals surface area contributed by atoms with Gasteiger partial charge in [-0.25, -0.2) is 15.0 Å². The Balaban J connectivity index is 2.42. The minimum Gasteiger partial charge on any atom is -0.301 e. The van der Waals surface area contributed by atoms with Crippen LogP contribution in [0.5, 0.6) is 0 Å². The van der Waals surface area contributed by atoms with Crippen LogP contribution in [0, 0.1) is 6.92 Å². The fraction of sp³-hybridized carbons (Fsp3) is 0.333. The van der Waals surface area contributed by atoms with E-state index in [1.165, 1.54) is 24.0 Å². The molecule has 0 radical (unpaired) electrons. The first-order valence-corrected chi connectivity index (χ1v) is 6.94. The monoisotopic (exact) mass is 296 g/mol. The van der Waals surface area contributed by atoms with Crippen molar-refractivity contribution in [2.45, 2.75) is 36.9 Å². The van der Waals surface area contributed by atoms with E-state index in [0.29, 0.717) is 21.2 Å². The van der Waals surface area contributed by atoms with Crippen LogP contribution in [0.2, 0.25) is 5.15 Å². The second-order valence-corrected chi connectivity index (χ2v) is 5.63. The van der Waals surface area contributed by atoms with Crippen LogP contribution in [0.3, 0.4) is 0 Å². The van der Waals surface area contributed by atoms with E-state index in [9.17, 15) is 4.79 Å². The lowest BCUT2D eigenvalue weighted by Crippen LogP contribution is -2.06. The molecule has 0 aliphatic heterocycles. The molecule has 0 bridgehead atoms. The van der Waals surface area contributed by atoms with Crippen molar-refractivity contribution in [2.24, 2.45) is 0 Å². The Bertz CT molecular complexity index is 656. The summed E-state index contributed by atoms with van der Waals surface area (Å²) in [5.74, 6) is 0.858. The lowest BCUT2D eigenvalue weighted by Gasteiger charge is -2.10. The number of halogens is 1. The first kappa shape index (κ1) is 14.0. The van der Waals surface area contributed by atoms with Crippen molar-refractivity contribution in [1.82, 2.24) is 19.9 Å². The first-order chi connectivity index (χ1) is 8.97. The van der Waals surface area contributed by atoms with Crippen LogP contribution < -0.4 is 5.56 Å². The van der Waals surface area contributed by atoms with Gasteiger partial charge < -0.3 is 4.98 Å². The maximum atomic E-state index is 11.2. The van der Waals surface area contributed by atoms with Gasteiger partial charge >= 0.3 is 0 Å². The minimum atomic E-state index is -0.195. The number of nitrogens with zero attached hydrogens (tertiary/aromatic N) is 3. The van der Waals surface area contributed by atoms with Gasteiger partial charge in [0.2, 0.25) is 0 Å². The lowest BCUT2D eigenvalue weighted by atomic mass is 10.2. The summed E-state index contributed by atoms with van der Waals surface area (Å²) in [6, 6.07) is 1.36. The second-order valence-electron chi connectivity index (χ2n) is 4.30. The van der Waals surface area contributed by atoms with Gasteiger partial charge in [-0.2, -0.15) is 0 Å². The van der Waals surface area contributed by atoms with Crippen molar-refractivity contribution < 1.29 is 0 Å². The van der Waals surface area contributed by atoms with Crippen LogP contribution in [0.15, 0.2) is 27.2 Å². The SMILES string of the molecule is Cc1c(Cl)nc(C(C)C)nc1Sc1nccc(=O)[nH]1. The topological polar surface area (TPSA) is 71.5 Å². The summed E-state index contributed by atoms with van der Waals surface area (Å²) in [5, 5.41) is 1.62. The molecule has 0 unspecified atom stereocenters. The van der Waals surface area contributed by atoms with E-state index >= 15 is 0 Å². The molecule has 0 aromatic carbocycles. The maximum absolute atomic E-state index is 11.2. The Hall–Kier alpha value is -1.40. The lowest BCUT2D eigenvalue weighted by molar-refractivity contribution is 0.746. The van der Waals surface area contributed by atoms with Crippen LogP contribution in [0.25, 0.3) is 0 Å². The van der Waals surface area contributed by atoms with E-state index in [1.807, 2.05) is 20.8 Å². The molecule has 0 saturated carbocycles. The van der Waals surface area contributed by atoms with E-state index in [2.05, 4.69) is 19.9 Å². The van der Waals surface area contributed by atoms with Gasteiger partial charge in [0.15, 0.2) is 5.16 Å². The zero-order valence-corrected chi connectivity index (χ0v) is 12.3. The van der Waals surface area contributed by atoms with E-state index < -0.39 is 0 Å². The van der Waals surface area contributed by atoms with Crippen LogP contribution in [-0.2, 0) is 0 Å². The molecular formula is C12H13ClN4OS. The molecule has 2 heterocycles. The zero-order valence-electron chi connectivity index (χ0n) is 10.8. The number of aromatic nitrogens is 4. The summed E-state index contributed by atoms with van der Waals surface area (Å²) in [6.07, 6.45) is 1.46. The Morgan fingerprint density at radius 2 is 2.11 bits per heavy atom. The van der Waals surface area contributed by atoms with Crippen molar-refractivity contribution in [3.05, 3.63) is 39.2 Å². The van der Waals surface area contributed by atoms with Gasteiger partial charge in [0.1, 0.15) is 16.0 Å². The number of aromatic amines is 1. The molecule has 0 aliphatic rings. The standard InChI is InChI=1S/C12H13ClN4OS/c1-6(2)10-16-9(13)7(3)11(17-10)19-12-14-5-4-8(18)15-12/h4-6H,1-3H3,(H,14,15,18). The smallest absolute Gasteiger partial charge is 0.251 e. The van der Waals surface area contributed by atoms with Crippen molar-refractivity contribution in [2.75, 3.05) is 0 Å². The highest BCUT2D eigenvalue weighted by molar-refractivity contribution is 7.99. The van der Waals surface area contributed by atoms with E-state index in [-0.39, 0.29) is 11.5 Å². The molecule has 2 aromatic rings. The van der Waals surface area contributed by atoms with Gasteiger partial charge in [0, 0.05) is 23.7 Å². The maximum Gasteiger partial charge on any atom is 0.251 e. The van der Waals surface area contributed by atoms with E-state index in [0.717, 1.165) is 5.56 Å². The molecule has 7 heteroatoms. The fourth-order valence-corrected chi connectivity index (χ4v) is 2.41.